The van der Waals surface area contributed by atoms with Crippen LogP contribution in [0.25, 0.3) is 0 Å². The van der Waals surface area contributed by atoms with Gasteiger partial charge in [0.25, 0.3) is 5.91 Å². The highest BCUT2D eigenvalue weighted by atomic mass is 16.5. The largest absolute Gasteiger partial charge is 0.482 e. The van der Waals surface area contributed by atoms with Crippen LogP contribution < -0.4 is 20.3 Å². The molecular formula is C20H23N3O3. The van der Waals surface area contributed by atoms with Crippen molar-refractivity contribution in [2.24, 2.45) is 0 Å². The van der Waals surface area contributed by atoms with Crippen molar-refractivity contribution in [1.29, 1.82) is 0 Å². The minimum atomic E-state index is -0.124. The van der Waals surface area contributed by atoms with E-state index in [2.05, 4.69) is 53.6 Å². The molecular weight excluding hydrogens is 330 g/mol. The smallest absolute Gasteiger partial charge is 0.262 e. The molecule has 0 aliphatic carbocycles. The van der Waals surface area contributed by atoms with Crippen LogP contribution in [-0.2, 0) is 9.53 Å². The maximum absolute atomic E-state index is 11.3. The van der Waals surface area contributed by atoms with Crippen molar-refractivity contribution < 1.29 is 14.3 Å². The van der Waals surface area contributed by atoms with Gasteiger partial charge >= 0.3 is 0 Å². The van der Waals surface area contributed by atoms with Crippen molar-refractivity contribution in [3.8, 4) is 5.75 Å². The van der Waals surface area contributed by atoms with Gasteiger partial charge in [-0.2, -0.15) is 0 Å². The molecule has 0 aromatic heterocycles. The fourth-order valence-electron chi connectivity index (χ4n) is 3.46. The van der Waals surface area contributed by atoms with Gasteiger partial charge in [0, 0.05) is 36.2 Å². The van der Waals surface area contributed by atoms with Gasteiger partial charge in [-0.05, 0) is 50.2 Å². The summed E-state index contributed by atoms with van der Waals surface area (Å²) in [7, 11) is 0. The van der Waals surface area contributed by atoms with Crippen molar-refractivity contribution in [3.63, 3.8) is 0 Å². The number of ether oxygens (including phenoxy) is 2. The molecule has 2 aliphatic heterocycles. The number of carbonyl (C=O) groups is 1. The van der Waals surface area contributed by atoms with E-state index in [9.17, 15) is 4.79 Å². The summed E-state index contributed by atoms with van der Waals surface area (Å²) < 4.78 is 11.3. The summed E-state index contributed by atoms with van der Waals surface area (Å²) in [5.41, 5.74) is 3.83. The number of rotatable bonds is 3. The third-order valence-electron chi connectivity index (χ3n) is 4.56. The van der Waals surface area contributed by atoms with Crippen molar-refractivity contribution >= 4 is 28.7 Å². The number of anilines is 4. The van der Waals surface area contributed by atoms with E-state index in [0.29, 0.717) is 11.4 Å². The molecule has 4 rings (SSSR count). The fourth-order valence-corrected chi connectivity index (χ4v) is 3.46. The average molecular weight is 353 g/mol. The lowest BCUT2D eigenvalue weighted by molar-refractivity contribution is -0.118. The molecule has 6 nitrogen and oxygen atoms in total. The second-order valence-corrected chi connectivity index (χ2v) is 6.88. The van der Waals surface area contributed by atoms with E-state index >= 15 is 0 Å². The highest BCUT2D eigenvalue weighted by Crippen LogP contribution is 2.32. The van der Waals surface area contributed by atoms with Gasteiger partial charge < -0.3 is 25.0 Å². The summed E-state index contributed by atoms with van der Waals surface area (Å²) in [5.74, 6) is 0.558. The number of nitrogens with zero attached hydrogens (tertiary/aromatic N) is 1. The molecule has 0 spiro atoms. The van der Waals surface area contributed by atoms with E-state index < -0.39 is 0 Å². The molecule has 2 atom stereocenters. The van der Waals surface area contributed by atoms with Crippen LogP contribution >= 0.6 is 0 Å². The second kappa shape index (κ2) is 6.88. The summed E-state index contributed by atoms with van der Waals surface area (Å²) >= 11 is 0. The Morgan fingerprint density at radius 2 is 1.73 bits per heavy atom. The minimum absolute atomic E-state index is 0.0571. The molecule has 2 aliphatic rings. The zero-order valence-electron chi connectivity index (χ0n) is 15.0. The normalized spacial score (nSPS) is 22.2. The number of hydrogen-bond donors (Lipinski definition) is 2. The number of morpholine rings is 1. The van der Waals surface area contributed by atoms with E-state index in [1.165, 1.54) is 5.69 Å². The Balaban J connectivity index is 1.45. The highest BCUT2D eigenvalue weighted by Gasteiger charge is 2.22. The van der Waals surface area contributed by atoms with Crippen LogP contribution in [0.15, 0.2) is 42.5 Å². The number of fused-ring (bicyclic) bond motifs is 1. The summed E-state index contributed by atoms with van der Waals surface area (Å²) in [6.45, 7) is 6.09. The average Bonchev–Trinajstić information content (AvgIpc) is 2.62. The van der Waals surface area contributed by atoms with Gasteiger partial charge in [-0.15, -0.1) is 0 Å². The van der Waals surface area contributed by atoms with Crippen molar-refractivity contribution in [2.75, 3.05) is 35.2 Å². The number of hydrogen-bond acceptors (Lipinski definition) is 5. The molecule has 2 N–H and O–H groups in total. The lowest BCUT2D eigenvalue weighted by atomic mass is 10.2. The quantitative estimate of drug-likeness (QED) is 0.886. The van der Waals surface area contributed by atoms with Crippen LogP contribution in [0, 0.1) is 0 Å². The van der Waals surface area contributed by atoms with Crippen molar-refractivity contribution in [2.45, 2.75) is 26.1 Å². The molecule has 1 saturated heterocycles. The molecule has 2 heterocycles. The van der Waals surface area contributed by atoms with Gasteiger partial charge in [0.05, 0.1) is 17.9 Å². The van der Waals surface area contributed by atoms with Crippen LogP contribution in [0.2, 0.25) is 0 Å². The monoisotopic (exact) mass is 353 g/mol. The van der Waals surface area contributed by atoms with Gasteiger partial charge in [-0.25, -0.2) is 0 Å². The zero-order chi connectivity index (χ0) is 18.1. The Morgan fingerprint density at radius 3 is 2.46 bits per heavy atom. The lowest BCUT2D eigenvalue weighted by Gasteiger charge is -2.36. The maximum atomic E-state index is 11.3. The molecule has 2 aromatic rings. The van der Waals surface area contributed by atoms with Crippen LogP contribution in [0.4, 0.5) is 22.7 Å². The molecule has 2 aromatic carbocycles. The Morgan fingerprint density at radius 1 is 1.04 bits per heavy atom. The van der Waals surface area contributed by atoms with Crippen LogP contribution in [-0.4, -0.2) is 37.8 Å². The first-order chi connectivity index (χ1) is 12.6. The summed E-state index contributed by atoms with van der Waals surface area (Å²) in [6, 6.07) is 14.1. The summed E-state index contributed by atoms with van der Waals surface area (Å²) in [5, 5.41) is 6.17. The van der Waals surface area contributed by atoms with Crippen LogP contribution in [0.1, 0.15) is 13.8 Å². The van der Waals surface area contributed by atoms with E-state index in [1.807, 2.05) is 18.2 Å². The predicted molar refractivity (Wildman–Crippen MR) is 103 cm³/mol. The molecule has 0 bridgehead atoms. The van der Waals surface area contributed by atoms with Crippen molar-refractivity contribution in [3.05, 3.63) is 42.5 Å². The van der Waals surface area contributed by atoms with Gasteiger partial charge in [0.1, 0.15) is 5.75 Å². The summed E-state index contributed by atoms with van der Waals surface area (Å²) in [4.78, 5) is 13.7. The first-order valence-corrected chi connectivity index (χ1v) is 8.91. The molecule has 1 amide bonds. The van der Waals surface area contributed by atoms with E-state index in [1.54, 1.807) is 0 Å². The van der Waals surface area contributed by atoms with Gasteiger partial charge in [-0.1, -0.05) is 0 Å². The van der Waals surface area contributed by atoms with E-state index in [0.717, 1.165) is 24.5 Å². The molecule has 26 heavy (non-hydrogen) atoms. The SMILES string of the molecule is CC1CN(c2ccc(Nc3ccc4c(c3)OCC(=O)N4)cc2)CC(C)O1. The zero-order valence-corrected chi connectivity index (χ0v) is 15.0. The van der Waals surface area contributed by atoms with Crippen LogP contribution in [0.3, 0.4) is 0 Å². The van der Waals surface area contributed by atoms with Crippen molar-refractivity contribution in [1.82, 2.24) is 0 Å². The first-order valence-electron chi connectivity index (χ1n) is 8.91. The second-order valence-electron chi connectivity index (χ2n) is 6.88. The van der Waals surface area contributed by atoms with Gasteiger partial charge in [0.15, 0.2) is 6.61 Å². The molecule has 6 heteroatoms. The van der Waals surface area contributed by atoms with E-state index in [4.69, 9.17) is 9.47 Å². The number of carbonyl (C=O) groups excluding carboxylic acids is 1. The van der Waals surface area contributed by atoms with Gasteiger partial charge in [-0.3, -0.25) is 4.79 Å². The van der Waals surface area contributed by atoms with Gasteiger partial charge in [0.2, 0.25) is 0 Å². The third kappa shape index (κ3) is 3.60. The Hall–Kier alpha value is -2.73. The standard InChI is InChI=1S/C20H23N3O3/c1-13-10-23(11-14(2)26-13)17-6-3-15(4-7-17)21-16-5-8-18-19(9-16)25-12-20(24)22-18/h3-9,13-14,21H,10-12H2,1-2H3,(H,22,24). The lowest BCUT2D eigenvalue weighted by Crippen LogP contribution is -2.45. The Kier molecular flexibility index (Phi) is 4.42. The molecule has 2 unspecified atom stereocenters. The number of benzene rings is 2. The predicted octanol–water partition coefficient (Wildman–Crippen LogP) is 3.37. The Labute approximate surface area is 153 Å². The Bertz CT molecular complexity index is 796. The molecule has 0 saturated carbocycles. The fraction of sp³-hybridized carbons (Fsp3) is 0.350. The maximum Gasteiger partial charge on any atom is 0.262 e. The minimum Gasteiger partial charge on any atom is -0.482 e. The van der Waals surface area contributed by atoms with E-state index in [-0.39, 0.29) is 24.7 Å². The molecule has 136 valence electrons. The number of nitrogens with one attached hydrogen (secondary N) is 2. The first kappa shape index (κ1) is 16.7. The molecule has 0 radical (unpaired) electrons. The summed E-state index contributed by atoms with van der Waals surface area (Å²) in [6.07, 6.45) is 0.486. The molecule has 1 fully saturated rings. The number of amides is 1. The van der Waals surface area contributed by atoms with Crippen LogP contribution in [0.5, 0.6) is 5.75 Å². The topological polar surface area (TPSA) is 62.8 Å². The highest BCUT2D eigenvalue weighted by molar-refractivity contribution is 5.95. The third-order valence-corrected chi connectivity index (χ3v) is 4.56.